The Kier molecular flexibility index (Phi) is 3.45. The molecule has 0 saturated carbocycles. The quantitative estimate of drug-likeness (QED) is 0.723. The summed E-state index contributed by atoms with van der Waals surface area (Å²) < 4.78 is 25.3. The van der Waals surface area contributed by atoms with Gasteiger partial charge in [0, 0.05) is 23.7 Å². The van der Waals surface area contributed by atoms with E-state index >= 15 is 0 Å². The highest BCUT2D eigenvalue weighted by molar-refractivity contribution is 5.71. The normalized spacial score (nSPS) is 23.0. The molecule has 0 radical (unpaired) electrons. The predicted octanol–water partition coefficient (Wildman–Crippen LogP) is 3.13. The Morgan fingerprint density at radius 1 is 1.15 bits per heavy atom. The van der Waals surface area contributed by atoms with E-state index in [1.807, 2.05) is 18.2 Å². The van der Waals surface area contributed by atoms with Crippen LogP contribution in [0, 0.1) is 5.82 Å². The zero-order valence-corrected chi connectivity index (χ0v) is 14.6. The largest absolute Gasteiger partial charge is 0.505 e. The van der Waals surface area contributed by atoms with Crippen LogP contribution in [0.2, 0.25) is 0 Å². The molecule has 0 aromatic heterocycles. The maximum atomic E-state index is 13.9. The molecule has 1 atom stereocenters. The fourth-order valence-electron chi connectivity index (χ4n) is 4.15. The number of benzene rings is 2. The summed E-state index contributed by atoms with van der Waals surface area (Å²) in [5, 5.41) is 13.1. The van der Waals surface area contributed by atoms with Gasteiger partial charge in [-0.2, -0.15) is 0 Å². The van der Waals surface area contributed by atoms with Crippen molar-refractivity contribution in [1.29, 1.82) is 0 Å². The molecule has 6 heteroatoms. The number of rotatable bonds is 1. The van der Waals surface area contributed by atoms with Crippen molar-refractivity contribution in [1.82, 2.24) is 5.32 Å². The van der Waals surface area contributed by atoms with Crippen molar-refractivity contribution >= 4 is 5.57 Å². The van der Waals surface area contributed by atoms with Gasteiger partial charge in [0.25, 0.3) is 0 Å². The number of nitrogens with one attached hydrogen (secondary N) is 1. The van der Waals surface area contributed by atoms with Crippen LogP contribution in [0.3, 0.4) is 0 Å². The second-order valence-electron chi connectivity index (χ2n) is 7.09. The number of phenolic OH excluding ortho intramolecular Hbond substituents is 1. The number of phenols is 1. The Bertz CT molecular complexity index is 1010. The van der Waals surface area contributed by atoms with E-state index in [1.54, 1.807) is 0 Å². The van der Waals surface area contributed by atoms with Crippen molar-refractivity contribution in [3.8, 4) is 17.2 Å². The van der Waals surface area contributed by atoms with Gasteiger partial charge in [-0.3, -0.25) is 0 Å². The van der Waals surface area contributed by atoms with Crippen LogP contribution in [-0.4, -0.2) is 24.9 Å². The summed E-state index contributed by atoms with van der Waals surface area (Å²) in [6.07, 6.45) is 4.87. The second-order valence-corrected chi connectivity index (χ2v) is 7.09. The molecule has 27 heavy (non-hydrogen) atoms. The third-order valence-corrected chi connectivity index (χ3v) is 5.52. The summed E-state index contributed by atoms with van der Waals surface area (Å²) >= 11 is 0. The molecule has 138 valence electrons. The topological polar surface area (TPSA) is 76.7 Å². The fourth-order valence-corrected chi connectivity index (χ4v) is 4.15. The van der Waals surface area contributed by atoms with Crippen LogP contribution in [0.25, 0.3) is 5.57 Å². The van der Waals surface area contributed by atoms with Crippen LogP contribution < -0.4 is 15.8 Å². The number of aromatic hydroxyl groups is 1. The van der Waals surface area contributed by atoms with Crippen molar-refractivity contribution in [2.45, 2.75) is 11.8 Å². The van der Waals surface area contributed by atoms with Crippen LogP contribution in [0.5, 0.6) is 17.2 Å². The Hall–Kier alpha value is -2.99. The SMILES string of the molecule is NC1=C[C@@]2(CN1)c1cc(C3=CCOCC3)ccc1Oc1cc(F)c(O)cc12. The van der Waals surface area contributed by atoms with Gasteiger partial charge in [-0.05, 0) is 41.8 Å². The molecule has 2 aromatic rings. The Labute approximate surface area is 155 Å². The molecule has 0 amide bonds. The molecule has 5 rings (SSSR count). The maximum absolute atomic E-state index is 13.9. The maximum Gasteiger partial charge on any atom is 0.168 e. The highest BCUT2D eigenvalue weighted by Gasteiger charge is 2.44. The molecular weight excluding hydrogens is 347 g/mol. The van der Waals surface area contributed by atoms with Crippen molar-refractivity contribution in [2.24, 2.45) is 5.73 Å². The number of hydrogen-bond acceptors (Lipinski definition) is 5. The lowest BCUT2D eigenvalue weighted by molar-refractivity contribution is 0.161. The van der Waals surface area contributed by atoms with Crippen molar-refractivity contribution in [3.05, 3.63) is 70.8 Å². The zero-order valence-electron chi connectivity index (χ0n) is 14.6. The van der Waals surface area contributed by atoms with Gasteiger partial charge in [0.1, 0.15) is 11.5 Å². The molecule has 5 nitrogen and oxygen atoms in total. The third kappa shape index (κ3) is 2.40. The summed E-state index contributed by atoms with van der Waals surface area (Å²) in [7, 11) is 0. The molecule has 2 aromatic carbocycles. The van der Waals surface area contributed by atoms with Gasteiger partial charge in [-0.15, -0.1) is 0 Å². The molecule has 0 saturated heterocycles. The predicted molar refractivity (Wildman–Crippen MR) is 99.0 cm³/mol. The van der Waals surface area contributed by atoms with E-state index in [2.05, 4.69) is 17.5 Å². The van der Waals surface area contributed by atoms with Gasteiger partial charge in [-0.1, -0.05) is 12.1 Å². The molecule has 3 aliphatic rings. The number of halogens is 1. The average Bonchev–Trinajstić information content (AvgIpc) is 3.07. The number of ether oxygens (including phenoxy) is 2. The lowest BCUT2D eigenvalue weighted by atomic mass is 9.72. The minimum absolute atomic E-state index is 0.392. The smallest absolute Gasteiger partial charge is 0.168 e. The number of hydrogen-bond donors (Lipinski definition) is 3. The molecule has 0 unspecified atom stereocenters. The lowest BCUT2D eigenvalue weighted by Crippen LogP contribution is -2.34. The van der Waals surface area contributed by atoms with Crippen molar-refractivity contribution in [3.63, 3.8) is 0 Å². The van der Waals surface area contributed by atoms with Crippen molar-refractivity contribution < 1.29 is 19.0 Å². The Morgan fingerprint density at radius 2 is 2.00 bits per heavy atom. The van der Waals surface area contributed by atoms with Crippen LogP contribution in [-0.2, 0) is 10.2 Å². The summed E-state index contributed by atoms with van der Waals surface area (Å²) in [6.45, 7) is 1.83. The molecule has 3 aliphatic heterocycles. The number of nitrogens with two attached hydrogens (primary N) is 1. The standard InChI is InChI=1S/C21H19FN2O3/c22-16-9-19-15(8-17(16)25)21(10-20(23)24-11-21)14-7-13(1-2-18(14)27-19)12-3-5-26-6-4-12/h1-3,7-10,24-25H,4-6,11,23H2/t21-/m1/s1. The first-order valence-corrected chi connectivity index (χ1v) is 8.91. The van der Waals surface area contributed by atoms with Gasteiger partial charge in [0.05, 0.1) is 24.4 Å². The minimum Gasteiger partial charge on any atom is -0.505 e. The summed E-state index contributed by atoms with van der Waals surface area (Å²) in [5.74, 6) is 0.496. The van der Waals surface area contributed by atoms with Crippen LogP contribution in [0.15, 0.2) is 48.3 Å². The van der Waals surface area contributed by atoms with E-state index in [0.29, 0.717) is 42.6 Å². The van der Waals surface area contributed by atoms with Gasteiger partial charge in [0.2, 0.25) is 0 Å². The Morgan fingerprint density at radius 3 is 2.74 bits per heavy atom. The van der Waals surface area contributed by atoms with E-state index in [0.717, 1.165) is 17.5 Å². The molecule has 3 heterocycles. The first-order chi connectivity index (χ1) is 13.1. The highest BCUT2D eigenvalue weighted by Crippen LogP contribution is 2.52. The first-order valence-electron chi connectivity index (χ1n) is 8.91. The van der Waals surface area contributed by atoms with E-state index in [1.165, 1.54) is 17.7 Å². The van der Waals surface area contributed by atoms with Crippen LogP contribution >= 0.6 is 0 Å². The van der Waals surface area contributed by atoms with Crippen LogP contribution in [0.4, 0.5) is 4.39 Å². The summed E-state index contributed by atoms with van der Waals surface area (Å²) in [4.78, 5) is 0. The zero-order chi connectivity index (χ0) is 18.6. The summed E-state index contributed by atoms with van der Waals surface area (Å²) in [5.41, 5.74) is 9.40. The molecule has 1 spiro atoms. The average molecular weight is 366 g/mol. The van der Waals surface area contributed by atoms with Gasteiger partial charge >= 0.3 is 0 Å². The lowest BCUT2D eigenvalue weighted by Gasteiger charge is -2.36. The second kappa shape index (κ2) is 5.76. The summed E-state index contributed by atoms with van der Waals surface area (Å²) in [6, 6.07) is 8.70. The molecule has 0 aliphatic carbocycles. The van der Waals surface area contributed by atoms with Crippen LogP contribution in [0.1, 0.15) is 23.1 Å². The highest BCUT2D eigenvalue weighted by atomic mass is 19.1. The van der Waals surface area contributed by atoms with Gasteiger partial charge < -0.3 is 25.6 Å². The molecular formula is C21H19FN2O3. The third-order valence-electron chi connectivity index (χ3n) is 5.52. The molecule has 4 N–H and O–H groups in total. The van der Waals surface area contributed by atoms with E-state index in [9.17, 15) is 9.50 Å². The number of fused-ring (bicyclic) bond motifs is 4. The van der Waals surface area contributed by atoms with Gasteiger partial charge in [-0.25, -0.2) is 4.39 Å². The fraction of sp³-hybridized carbons (Fsp3) is 0.238. The monoisotopic (exact) mass is 366 g/mol. The molecule has 0 bridgehead atoms. The van der Waals surface area contributed by atoms with E-state index in [4.69, 9.17) is 15.2 Å². The van der Waals surface area contributed by atoms with E-state index in [-0.39, 0.29) is 0 Å². The minimum atomic E-state index is -0.709. The Balaban J connectivity index is 1.72. The molecule has 0 fully saturated rings. The first kappa shape index (κ1) is 16.2. The van der Waals surface area contributed by atoms with Gasteiger partial charge in [0.15, 0.2) is 11.6 Å². The van der Waals surface area contributed by atoms with E-state index < -0.39 is 17.0 Å². The van der Waals surface area contributed by atoms with Crippen molar-refractivity contribution in [2.75, 3.05) is 19.8 Å².